The molecule has 86 valence electrons. The summed E-state index contributed by atoms with van der Waals surface area (Å²) < 4.78 is 0. The summed E-state index contributed by atoms with van der Waals surface area (Å²) in [5.74, 6) is 0.549. The van der Waals surface area contributed by atoms with Gasteiger partial charge in [-0.25, -0.2) is 0 Å². The van der Waals surface area contributed by atoms with E-state index in [4.69, 9.17) is 0 Å². The van der Waals surface area contributed by atoms with Crippen LogP contribution in [0.2, 0.25) is 0 Å². The monoisotopic (exact) mass is 201 g/mol. The van der Waals surface area contributed by atoms with Crippen LogP contribution >= 0.6 is 0 Å². The van der Waals surface area contributed by atoms with Gasteiger partial charge < -0.3 is 10.4 Å². The molecule has 0 aromatic carbocycles. The molecule has 2 nitrogen and oxygen atoms in total. The fraction of sp³-hybridized carbons (Fsp3) is 1.00. The molecular weight excluding hydrogens is 174 g/mol. The Morgan fingerprint density at radius 2 is 1.86 bits per heavy atom. The molecule has 0 aliphatic rings. The van der Waals surface area contributed by atoms with Crippen molar-refractivity contribution in [3.8, 4) is 0 Å². The molecule has 0 saturated heterocycles. The van der Waals surface area contributed by atoms with E-state index in [2.05, 4.69) is 33.0 Å². The van der Waals surface area contributed by atoms with E-state index >= 15 is 0 Å². The summed E-state index contributed by atoms with van der Waals surface area (Å²) >= 11 is 0. The molecule has 0 aromatic rings. The van der Waals surface area contributed by atoms with Crippen LogP contribution < -0.4 is 5.32 Å². The van der Waals surface area contributed by atoms with Gasteiger partial charge in [0.1, 0.15) is 0 Å². The second-order valence-electron chi connectivity index (χ2n) is 5.17. The Kier molecular flexibility index (Phi) is 6.38. The van der Waals surface area contributed by atoms with Gasteiger partial charge in [-0.2, -0.15) is 0 Å². The standard InChI is InChI=1S/C12H27NO/c1-6-7-11(4)13-9-12(5,14)8-10(2)3/h10-11,13-14H,6-9H2,1-5H3. The fourth-order valence-corrected chi connectivity index (χ4v) is 1.88. The van der Waals surface area contributed by atoms with Gasteiger partial charge in [0.05, 0.1) is 5.60 Å². The van der Waals surface area contributed by atoms with Crippen molar-refractivity contribution in [3.05, 3.63) is 0 Å². The van der Waals surface area contributed by atoms with Gasteiger partial charge in [0.2, 0.25) is 0 Å². The molecule has 0 spiro atoms. The van der Waals surface area contributed by atoms with Crippen LogP contribution in [-0.4, -0.2) is 23.3 Å². The van der Waals surface area contributed by atoms with E-state index in [0.717, 1.165) is 6.42 Å². The maximum Gasteiger partial charge on any atom is 0.0746 e. The van der Waals surface area contributed by atoms with E-state index in [1.54, 1.807) is 0 Å². The van der Waals surface area contributed by atoms with E-state index in [0.29, 0.717) is 18.5 Å². The quantitative estimate of drug-likeness (QED) is 0.663. The smallest absolute Gasteiger partial charge is 0.0746 e. The van der Waals surface area contributed by atoms with Crippen molar-refractivity contribution < 1.29 is 5.11 Å². The molecule has 0 fully saturated rings. The average Bonchev–Trinajstić information content (AvgIpc) is 1.99. The van der Waals surface area contributed by atoms with Crippen LogP contribution in [0.15, 0.2) is 0 Å². The minimum absolute atomic E-state index is 0.513. The minimum Gasteiger partial charge on any atom is -0.389 e. The van der Waals surface area contributed by atoms with Crippen LogP contribution in [0.3, 0.4) is 0 Å². The molecule has 0 rings (SSSR count). The van der Waals surface area contributed by atoms with Crippen LogP contribution in [0.1, 0.15) is 53.9 Å². The number of aliphatic hydroxyl groups is 1. The molecule has 0 radical (unpaired) electrons. The summed E-state index contributed by atoms with van der Waals surface area (Å²) in [6.07, 6.45) is 3.23. The van der Waals surface area contributed by atoms with Gasteiger partial charge in [-0.3, -0.25) is 0 Å². The molecule has 0 saturated carbocycles. The molecule has 0 aliphatic carbocycles. The Morgan fingerprint density at radius 3 is 2.29 bits per heavy atom. The van der Waals surface area contributed by atoms with Crippen molar-refractivity contribution >= 4 is 0 Å². The highest BCUT2D eigenvalue weighted by atomic mass is 16.3. The third-order valence-corrected chi connectivity index (χ3v) is 2.40. The first-order valence-corrected chi connectivity index (χ1v) is 5.83. The molecule has 0 amide bonds. The zero-order valence-electron chi connectivity index (χ0n) is 10.4. The van der Waals surface area contributed by atoms with Gasteiger partial charge >= 0.3 is 0 Å². The lowest BCUT2D eigenvalue weighted by Gasteiger charge is -2.27. The van der Waals surface area contributed by atoms with Gasteiger partial charge in [0.25, 0.3) is 0 Å². The second kappa shape index (κ2) is 6.41. The van der Waals surface area contributed by atoms with Crippen molar-refractivity contribution in [3.63, 3.8) is 0 Å². The zero-order valence-corrected chi connectivity index (χ0v) is 10.4. The lowest BCUT2D eigenvalue weighted by atomic mass is 9.94. The molecule has 2 unspecified atom stereocenters. The van der Waals surface area contributed by atoms with Gasteiger partial charge in [-0.1, -0.05) is 27.2 Å². The van der Waals surface area contributed by atoms with Gasteiger partial charge in [-0.05, 0) is 32.6 Å². The summed E-state index contributed by atoms with van der Waals surface area (Å²) in [7, 11) is 0. The largest absolute Gasteiger partial charge is 0.389 e. The fourth-order valence-electron chi connectivity index (χ4n) is 1.88. The molecule has 2 atom stereocenters. The summed E-state index contributed by atoms with van der Waals surface area (Å²) in [5.41, 5.74) is -0.559. The first kappa shape index (κ1) is 13.9. The first-order chi connectivity index (χ1) is 6.37. The highest BCUT2D eigenvalue weighted by Gasteiger charge is 2.21. The van der Waals surface area contributed by atoms with Crippen molar-refractivity contribution in [2.45, 2.75) is 65.5 Å². The van der Waals surface area contributed by atoms with Crippen LogP contribution in [-0.2, 0) is 0 Å². The lowest BCUT2D eigenvalue weighted by molar-refractivity contribution is 0.0361. The van der Waals surface area contributed by atoms with Crippen LogP contribution in [0.5, 0.6) is 0 Å². The van der Waals surface area contributed by atoms with E-state index in [9.17, 15) is 5.11 Å². The summed E-state index contributed by atoms with van der Waals surface area (Å²) in [5, 5.41) is 13.4. The Hall–Kier alpha value is -0.0800. The third-order valence-electron chi connectivity index (χ3n) is 2.40. The SMILES string of the molecule is CCCC(C)NCC(C)(O)CC(C)C. The van der Waals surface area contributed by atoms with Crippen LogP contribution in [0.25, 0.3) is 0 Å². The third kappa shape index (κ3) is 7.34. The molecule has 0 aliphatic heterocycles. The summed E-state index contributed by atoms with van der Waals surface area (Å²) in [6.45, 7) is 11.3. The van der Waals surface area contributed by atoms with Crippen molar-refractivity contribution in [2.75, 3.05) is 6.54 Å². The maximum absolute atomic E-state index is 10.0. The Labute approximate surface area is 89.1 Å². The van der Waals surface area contributed by atoms with Gasteiger partial charge in [-0.15, -0.1) is 0 Å². The van der Waals surface area contributed by atoms with E-state index in [-0.39, 0.29) is 0 Å². The second-order valence-corrected chi connectivity index (χ2v) is 5.17. The predicted molar refractivity (Wildman–Crippen MR) is 62.5 cm³/mol. The van der Waals surface area contributed by atoms with Crippen LogP contribution in [0, 0.1) is 5.92 Å². The normalized spacial score (nSPS) is 18.2. The molecule has 2 N–H and O–H groups in total. The molecule has 14 heavy (non-hydrogen) atoms. The number of hydrogen-bond donors (Lipinski definition) is 2. The Balaban J connectivity index is 3.74. The zero-order chi connectivity index (χ0) is 11.2. The predicted octanol–water partition coefficient (Wildman–Crippen LogP) is 2.56. The van der Waals surface area contributed by atoms with Crippen molar-refractivity contribution in [2.24, 2.45) is 5.92 Å². The van der Waals surface area contributed by atoms with E-state index in [1.165, 1.54) is 12.8 Å². The Bertz CT molecular complexity index is 143. The lowest BCUT2D eigenvalue weighted by Crippen LogP contribution is -2.42. The molecular formula is C12H27NO. The minimum atomic E-state index is -0.559. The van der Waals surface area contributed by atoms with Gasteiger partial charge in [0, 0.05) is 12.6 Å². The van der Waals surface area contributed by atoms with E-state index in [1.807, 2.05) is 6.92 Å². The molecule has 0 heterocycles. The molecule has 0 aromatic heterocycles. The number of hydrogen-bond acceptors (Lipinski definition) is 2. The highest BCUT2D eigenvalue weighted by Crippen LogP contribution is 2.15. The topological polar surface area (TPSA) is 32.3 Å². The van der Waals surface area contributed by atoms with Crippen molar-refractivity contribution in [1.29, 1.82) is 0 Å². The average molecular weight is 201 g/mol. The molecule has 2 heteroatoms. The summed E-state index contributed by atoms with van der Waals surface area (Å²) in [6, 6.07) is 0.513. The first-order valence-electron chi connectivity index (χ1n) is 5.83. The maximum atomic E-state index is 10.0. The van der Waals surface area contributed by atoms with Crippen LogP contribution in [0.4, 0.5) is 0 Å². The number of nitrogens with one attached hydrogen (secondary N) is 1. The Morgan fingerprint density at radius 1 is 1.29 bits per heavy atom. The molecule has 0 bridgehead atoms. The number of rotatable bonds is 7. The van der Waals surface area contributed by atoms with Gasteiger partial charge in [0.15, 0.2) is 0 Å². The van der Waals surface area contributed by atoms with E-state index < -0.39 is 5.60 Å². The highest BCUT2D eigenvalue weighted by molar-refractivity contribution is 4.78. The van der Waals surface area contributed by atoms with Crippen molar-refractivity contribution in [1.82, 2.24) is 5.32 Å². The summed E-state index contributed by atoms with van der Waals surface area (Å²) in [4.78, 5) is 0.